The molecule has 0 saturated carbocycles. The van der Waals surface area contributed by atoms with E-state index in [0.29, 0.717) is 21.9 Å². The number of nitrogens with one attached hydrogen (secondary N) is 1. The Hall–Kier alpha value is -1.08. The van der Waals surface area contributed by atoms with Crippen molar-refractivity contribution in [3.05, 3.63) is 44.6 Å². The Bertz CT molecular complexity index is 708. The third-order valence-corrected chi connectivity index (χ3v) is 5.35. The number of anilines is 1. The molecule has 0 fully saturated rings. The molecule has 0 spiro atoms. The van der Waals surface area contributed by atoms with E-state index < -0.39 is 10.0 Å². The van der Waals surface area contributed by atoms with Crippen LogP contribution in [0.3, 0.4) is 0 Å². The Labute approximate surface area is 124 Å². The molecule has 0 saturated heterocycles. The topological polar surface area (TPSA) is 63.2 Å². The lowest BCUT2D eigenvalue weighted by molar-refractivity contribution is 0.112. The van der Waals surface area contributed by atoms with E-state index in [1.807, 2.05) is 0 Å². The second kappa shape index (κ2) is 5.50. The highest BCUT2D eigenvalue weighted by Gasteiger charge is 2.20. The number of hydrogen-bond acceptors (Lipinski definition) is 4. The lowest BCUT2D eigenvalue weighted by Crippen LogP contribution is -2.12. The van der Waals surface area contributed by atoms with Crippen molar-refractivity contribution < 1.29 is 13.2 Å². The normalized spacial score (nSPS) is 11.3. The van der Waals surface area contributed by atoms with Crippen molar-refractivity contribution in [2.24, 2.45) is 0 Å². The van der Waals surface area contributed by atoms with E-state index in [1.165, 1.54) is 30.3 Å². The molecule has 0 amide bonds. The van der Waals surface area contributed by atoms with Crippen molar-refractivity contribution in [3.63, 3.8) is 0 Å². The Morgan fingerprint density at radius 2 is 1.79 bits per heavy atom. The second-order valence-corrected chi connectivity index (χ2v) is 7.47. The van der Waals surface area contributed by atoms with E-state index in [1.54, 1.807) is 0 Å². The van der Waals surface area contributed by atoms with Gasteiger partial charge in [-0.05, 0) is 30.3 Å². The molecule has 0 aliphatic carbocycles. The highest BCUT2D eigenvalue weighted by molar-refractivity contribution is 7.93. The molecule has 4 nitrogen and oxygen atoms in total. The molecule has 1 heterocycles. The number of carbonyl (C=O) groups excluding carboxylic acids is 1. The highest BCUT2D eigenvalue weighted by Crippen LogP contribution is 2.35. The predicted octanol–water partition coefficient (Wildman–Crippen LogP) is 3.67. The Morgan fingerprint density at radius 1 is 1.16 bits per heavy atom. The molecular formula is C11H7Cl2NO3S2. The van der Waals surface area contributed by atoms with Gasteiger partial charge in [-0.15, -0.1) is 11.3 Å². The molecule has 0 aliphatic heterocycles. The quantitative estimate of drug-likeness (QED) is 0.867. The summed E-state index contributed by atoms with van der Waals surface area (Å²) in [6.45, 7) is 0. The maximum Gasteiger partial charge on any atom is 0.264 e. The summed E-state index contributed by atoms with van der Waals surface area (Å²) in [5.74, 6) is 0. The van der Waals surface area contributed by atoms with Crippen LogP contribution in [0.2, 0.25) is 8.67 Å². The monoisotopic (exact) mass is 335 g/mol. The molecule has 1 aromatic carbocycles. The van der Waals surface area contributed by atoms with Crippen molar-refractivity contribution in [1.82, 2.24) is 0 Å². The van der Waals surface area contributed by atoms with E-state index in [-0.39, 0.29) is 9.23 Å². The summed E-state index contributed by atoms with van der Waals surface area (Å²) in [6.07, 6.45) is 0.674. The van der Waals surface area contributed by atoms with Crippen molar-refractivity contribution in [3.8, 4) is 0 Å². The molecule has 2 aromatic rings. The standard InChI is InChI=1S/C11H7Cl2NO3S2/c12-10-5-9(11(13)18-10)19(16,17)14-8-3-1-7(6-15)2-4-8/h1-6,14H. The van der Waals surface area contributed by atoms with Crippen LogP contribution in [0, 0.1) is 0 Å². The van der Waals surface area contributed by atoms with E-state index in [0.717, 1.165) is 11.3 Å². The van der Waals surface area contributed by atoms with Gasteiger partial charge < -0.3 is 0 Å². The van der Waals surface area contributed by atoms with Gasteiger partial charge in [-0.25, -0.2) is 8.42 Å². The van der Waals surface area contributed by atoms with Crippen LogP contribution in [0.15, 0.2) is 35.2 Å². The minimum Gasteiger partial charge on any atom is -0.298 e. The number of carbonyl (C=O) groups is 1. The van der Waals surface area contributed by atoms with Gasteiger partial charge in [0.1, 0.15) is 15.5 Å². The Kier molecular flexibility index (Phi) is 4.15. The van der Waals surface area contributed by atoms with E-state index >= 15 is 0 Å². The van der Waals surface area contributed by atoms with Crippen LogP contribution < -0.4 is 4.72 Å². The fraction of sp³-hybridized carbons (Fsp3) is 0. The zero-order valence-corrected chi connectivity index (χ0v) is 12.4. The van der Waals surface area contributed by atoms with Crippen molar-refractivity contribution in [1.29, 1.82) is 0 Å². The smallest absolute Gasteiger partial charge is 0.264 e. The number of aldehydes is 1. The first kappa shape index (κ1) is 14.3. The average molecular weight is 336 g/mol. The summed E-state index contributed by atoms with van der Waals surface area (Å²) >= 11 is 12.5. The molecule has 19 heavy (non-hydrogen) atoms. The van der Waals surface area contributed by atoms with Gasteiger partial charge in [-0.2, -0.15) is 0 Å². The lowest BCUT2D eigenvalue weighted by Gasteiger charge is -2.06. The number of hydrogen-bond donors (Lipinski definition) is 1. The summed E-state index contributed by atoms with van der Waals surface area (Å²) in [6, 6.07) is 7.28. The molecule has 2 rings (SSSR count). The molecule has 1 aromatic heterocycles. The molecule has 0 radical (unpaired) electrons. The second-order valence-electron chi connectivity index (χ2n) is 3.53. The fourth-order valence-electron chi connectivity index (χ4n) is 1.35. The van der Waals surface area contributed by atoms with E-state index in [2.05, 4.69) is 4.72 Å². The number of rotatable bonds is 4. The number of sulfonamides is 1. The molecule has 8 heteroatoms. The van der Waals surface area contributed by atoms with Gasteiger partial charge in [0, 0.05) is 11.3 Å². The van der Waals surface area contributed by atoms with Crippen LogP contribution in [0.4, 0.5) is 5.69 Å². The maximum atomic E-state index is 12.1. The minimum atomic E-state index is -3.79. The molecule has 100 valence electrons. The van der Waals surface area contributed by atoms with Crippen molar-refractivity contribution in [2.75, 3.05) is 4.72 Å². The molecular weight excluding hydrogens is 329 g/mol. The molecule has 1 N–H and O–H groups in total. The molecule has 0 atom stereocenters. The van der Waals surface area contributed by atoms with Gasteiger partial charge in [-0.3, -0.25) is 9.52 Å². The maximum absolute atomic E-state index is 12.1. The van der Waals surface area contributed by atoms with Crippen molar-refractivity contribution >= 4 is 56.5 Å². The first-order chi connectivity index (χ1) is 8.92. The van der Waals surface area contributed by atoms with Gasteiger partial charge in [0.05, 0.1) is 4.34 Å². The highest BCUT2D eigenvalue weighted by atomic mass is 35.5. The van der Waals surface area contributed by atoms with Crippen molar-refractivity contribution in [2.45, 2.75) is 4.90 Å². The SMILES string of the molecule is O=Cc1ccc(NS(=O)(=O)c2cc(Cl)sc2Cl)cc1. The fourth-order valence-corrected chi connectivity index (χ4v) is 4.56. The van der Waals surface area contributed by atoms with Gasteiger partial charge >= 0.3 is 0 Å². The average Bonchev–Trinajstić information content (AvgIpc) is 2.70. The van der Waals surface area contributed by atoms with Crippen LogP contribution in [-0.2, 0) is 10.0 Å². The lowest BCUT2D eigenvalue weighted by atomic mass is 10.2. The van der Waals surface area contributed by atoms with Gasteiger partial charge in [0.15, 0.2) is 0 Å². The van der Waals surface area contributed by atoms with Crippen LogP contribution in [-0.4, -0.2) is 14.7 Å². The van der Waals surface area contributed by atoms with E-state index in [9.17, 15) is 13.2 Å². The third kappa shape index (κ3) is 3.27. The number of benzene rings is 1. The third-order valence-electron chi connectivity index (χ3n) is 2.21. The van der Waals surface area contributed by atoms with Gasteiger partial charge in [0.25, 0.3) is 10.0 Å². The van der Waals surface area contributed by atoms with Crippen LogP contribution in [0.25, 0.3) is 0 Å². The number of thiophene rings is 1. The first-order valence-corrected chi connectivity index (χ1v) is 8.01. The molecule has 0 bridgehead atoms. The first-order valence-electron chi connectivity index (χ1n) is 4.95. The van der Waals surface area contributed by atoms with Gasteiger partial charge in [-0.1, -0.05) is 23.2 Å². The summed E-state index contributed by atoms with van der Waals surface area (Å²) in [5, 5.41) is 0. The minimum absolute atomic E-state index is 0.0661. The zero-order chi connectivity index (χ0) is 14.0. The Balaban J connectivity index is 2.30. The molecule has 0 aliphatic rings. The molecule has 0 unspecified atom stereocenters. The summed E-state index contributed by atoms with van der Waals surface area (Å²) < 4.78 is 26.9. The Morgan fingerprint density at radius 3 is 2.26 bits per heavy atom. The largest absolute Gasteiger partial charge is 0.298 e. The summed E-state index contributed by atoms with van der Waals surface area (Å²) in [7, 11) is -3.79. The number of halogens is 2. The summed E-state index contributed by atoms with van der Waals surface area (Å²) in [4.78, 5) is 10.4. The van der Waals surface area contributed by atoms with E-state index in [4.69, 9.17) is 23.2 Å². The van der Waals surface area contributed by atoms with Crippen LogP contribution in [0.1, 0.15) is 10.4 Å². The summed E-state index contributed by atoms with van der Waals surface area (Å²) in [5.41, 5.74) is 0.795. The zero-order valence-electron chi connectivity index (χ0n) is 9.26. The van der Waals surface area contributed by atoms with Gasteiger partial charge in [0.2, 0.25) is 0 Å². The predicted molar refractivity (Wildman–Crippen MR) is 77.0 cm³/mol. The van der Waals surface area contributed by atoms with Crippen LogP contribution in [0.5, 0.6) is 0 Å². The van der Waals surface area contributed by atoms with Crippen LogP contribution >= 0.6 is 34.5 Å².